The van der Waals surface area contributed by atoms with Crippen molar-refractivity contribution in [2.24, 2.45) is 0 Å². The third-order valence-electron chi connectivity index (χ3n) is 3.09. The third kappa shape index (κ3) is 4.56. The van der Waals surface area contributed by atoms with Gasteiger partial charge in [-0.2, -0.15) is 0 Å². The zero-order chi connectivity index (χ0) is 15.9. The Hall–Kier alpha value is -1.89. The predicted octanol–water partition coefficient (Wildman–Crippen LogP) is 2.92. The second-order valence-corrected chi connectivity index (χ2v) is 6.36. The molecule has 0 saturated carbocycles. The van der Waals surface area contributed by atoms with Gasteiger partial charge in [-0.3, -0.25) is 9.78 Å². The summed E-state index contributed by atoms with van der Waals surface area (Å²) in [5.41, 5.74) is 0.808. The van der Waals surface area contributed by atoms with Gasteiger partial charge in [0.2, 0.25) is 11.8 Å². The number of hydrogen-bond acceptors (Lipinski definition) is 6. The Bertz CT molecular complexity index is 603. The van der Waals surface area contributed by atoms with Crippen molar-refractivity contribution in [1.82, 2.24) is 20.5 Å². The molecule has 2 aromatic rings. The maximum absolute atomic E-state index is 12.1. The number of pyridine rings is 1. The second kappa shape index (κ2) is 7.93. The molecule has 7 heteroatoms. The minimum Gasteiger partial charge on any atom is -0.411 e. The molecule has 0 saturated heterocycles. The quantitative estimate of drug-likeness (QED) is 0.790. The SMILES string of the molecule is CCCC(C)NC(=O)C(C)Sc1nnc(-c2ccncc2)o1. The molecule has 0 radical (unpaired) electrons. The summed E-state index contributed by atoms with van der Waals surface area (Å²) in [6, 6.07) is 3.77. The average molecular weight is 320 g/mol. The van der Waals surface area contributed by atoms with Crippen molar-refractivity contribution >= 4 is 17.7 Å². The largest absolute Gasteiger partial charge is 0.411 e. The number of amides is 1. The lowest BCUT2D eigenvalue weighted by Gasteiger charge is -2.15. The molecule has 0 aliphatic heterocycles. The van der Waals surface area contributed by atoms with Crippen molar-refractivity contribution < 1.29 is 9.21 Å². The van der Waals surface area contributed by atoms with Gasteiger partial charge in [-0.15, -0.1) is 10.2 Å². The number of hydrogen-bond donors (Lipinski definition) is 1. The third-order valence-corrected chi connectivity index (χ3v) is 4.03. The lowest BCUT2D eigenvalue weighted by molar-refractivity contribution is -0.120. The molecule has 2 heterocycles. The normalized spacial score (nSPS) is 13.6. The van der Waals surface area contributed by atoms with Gasteiger partial charge in [-0.25, -0.2) is 0 Å². The molecule has 0 aromatic carbocycles. The van der Waals surface area contributed by atoms with Gasteiger partial charge < -0.3 is 9.73 Å². The molecule has 22 heavy (non-hydrogen) atoms. The first-order valence-corrected chi connectivity index (χ1v) is 8.19. The highest BCUT2D eigenvalue weighted by Gasteiger charge is 2.19. The zero-order valence-corrected chi connectivity index (χ0v) is 13.8. The van der Waals surface area contributed by atoms with E-state index in [2.05, 4.69) is 27.4 Å². The van der Waals surface area contributed by atoms with Crippen LogP contribution in [0, 0.1) is 0 Å². The average Bonchev–Trinajstić information content (AvgIpc) is 2.96. The van der Waals surface area contributed by atoms with Crippen LogP contribution < -0.4 is 5.32 Å². The fourth-order valence-corrected chi connectivity index (χ4v) is 2.63. The predicted molar refractivity (Wildman–Crippen MR) is 85.4 cm³/mol. The molecule has 2 aromatic heterocycles. The molecule has 0 fully saturated rings. The van der Waals surface area contributed by atoms with Crippen molar-refractivity contribution in [1.29, 1.82) is 0 Å². The van der Waals surface area contributed by atoms with Crippen LogP contribution in [0.15, 0.2) is 34.2 Å². The van der Waals surface area contributed by atoms with Crippen LogP contribution in [0.25, 0.3) is 11.5 Å². The van der Waals surface area contributed by atoms with E-state index in [1.54, 1.807) is 24.5 Å². The molecule has 6 nitrogen and oxygen atoms in total. The molecule has 1 N–H and O–H groups in total. The van der Waals surface area contributed by atoms with Crippen LogP contribution in [0.1, 0.15) is 33.6 Å². The van der Waals surface area contributed by atoms with Gasteiger partial charge in [0.25, 0.3) is 5.22 Å². The Morgan fingerprint density at radius 1 is 1.32 bits per heavy atom. The Kier molecular flexibility index (Phi) is 5.94. The monoisotopic (exact) mass is 320 g/mol. The highest BCUT2D eigenvalue weighted by molar-refractivity contribution is 8.00. The van der Waals surface area contributed by atoms with Gasteiger partial charge in [-0.1, -0.05) is 25.1 Å². The van der Waals surface area contributed by atoms with Crippen LogP contribution in [-0.2, 0) is 4.79 Å². The molecule has 2 rings (SSSR count). The summed E-state index contributed by atoms with van der Waals surface area (Å²) in [6.45, 7) is 5.93. The zero-order valence-electron chi connectivity index (χ0n) is 12.9. The maximum Gasteiger partial charge on any atom is 0.277 e. The van der Waals surface area contributed by atoms with Gasteiger partial charge in [-0.05, 0) is 32.4 Å². The maximum atomic E-state index is 12.1. The molecule has 0 aliphatic rings. The summed E-state index contributed by atoms with van der Waals surface area (Å²) in [4.78, 5) is 16.0. The molecule has 1 amide bonds. The van der Waals surface area contributed by atoms with E-state index in [9.17, 15) is 4.79 Å². The molecule has 2 unspecified atom stereocenters. The van der Waals surface area contributed by atoms with Gasteiger partial charge in [0.05, 0.1) is 5.25 Å². The summed E-state index contributed by atoms with van der Waals surface area (Å²) >= 11 is 1.26. The smallest absolute Gasteiger partial charge is 0.277 e. The first-order valence-electron chi connectivity index (χ1n) is 7.31. The van der Waals surface area contributed by atoms with E-state index >= 15 is 0 Å². The van der Waals surface area contributed by atoms with Crippen molar-refractivity contribution in [3.63, 3.8) is 0 Å². The standard InChI is InChI=1S/C15H20N4O2S/c1-4-5-10(2)17-13(20)11(3)22-15-19-18-14(21-15)12-6-8-16-9-7-12/h6-11H,4-5H2,1-3H3,(H,17,20). The lowest BCUT2D eigenvalue weighted by Crippen LogP contribution is -2.37. The highest BCUT2D eigenvalue weighted by atomic mass is 32.2. The van der Waals surface area contributed by atoms with Crippen molar-refractivity contribution in [3.05, 3.63) is 24.5 Å². The summed E-state index contributed by atoms with van der Waals surface area (Å²) in [6.07, 6.45) is 5.34. The van der Waals surface area contributed by atoms with E-state index < -0.39 is 0 Å². The molecule has 118 valence electrons. The minimum absolute atomic E-state index is 0.0189. The molecule has 0 spiro atoms. The number of aromatic nitrogens is 3. The van der Waals surface area contributed by atoms with Crippen LogP contribution in [0.4, 0.5) is 0 Å². The number of nitrogens with one attached hydrogen (secondary N) is 1. The van der Waals surface area contributed by atoms with Crippen molar-refractivity contribution in [2.45, 2.75) is 50.1 Å². The second-order valence-electron chi connectivity index (χ2n) is 5.07. The van der Waals surface area contributed by atoms with E-state index in [1.807, 2.05) is 13.8 Å². The fraction of sp³-hybridized carbons (Fsp3) is 0.467. The Morgan fingerprint density at radius 3 is 2.73 bits per heavy atom. The van der Waals surface area contributed by atoms with Crippen LogP contribution in [-0.4, -0.2) is 32.4 Å². The fourth-order valence-electron chi connectivity index (χ4n) is 1.94. The molecular formula is C15H20N4O2S. The van der Waals surface area contributed by atoms with Crippen LogP contribution in [0.2, 0.25) is 0 Å². The number of thioether (sulfide) groups is 1. The van der Waals surface area contributed by atoms with Gasteiger partial charge >= 0.3 is 0 Å². The van der Waals surface area contributed by atoms with Crippen LogP contribution in [0.3, 0.4) is 0 Å². The molecule has 2 atom stereocenters. The van der Waals surface area contributed by atoms with E-state index in [0.29, 0.717) is 11.1 Å². The molecular weight excluding hydrogens is 300 g/mol. The Morgan fingerprint density at radius 2 is 2.05 bits per heavy atom. The van der Waals surface area contributed by atoms with Gasteiger partial charge in [0.1, 0.15) is 0 Å². The van der Waals surface area contributed by atoms with E-state index in [1.165, 1.54) is 11.8 Å². The highest BCUT2D eigenvalue weighted by Crippen LogP contribution is 2.25. The van der Waals surface area contributed by atoms with Crippen molar-refractivity contribution in [3.8, 4) is 11.5 Å². The Balaban J connectivity index is 1.93. The van der Waals surface area contributed by atoms with E-state index in [-0.39, 0.29) is 17.2 Å². The minimum atomic E-state index is -0.287. The first kappa shape index (κ1) is 16.5. The summed E-state index contributed by atoms with van der Waals surface area (Å²) in [5, 5.41) is 11.0. The van der Waals surface area contributed by atoms with Gasteiger partial charge in [0.15, 0.2) is 0 Å². The first-order chi connectivity index (χ1) is 10.6. The summed E-state index contributed by atoms with van der Waals surface area (Å²) in [5.74, 6) is 0.409. The summed E-state index contributed by atoms with van der Waals surface area (Å²) in [7, 11) is 0. The van der Waals surface area contributed by atoms with Crippen LogP contribution in [0.5, 0.6) is 0 Å². The molecule has 0 aliphatic carbocycles. The Labute approximate surface area is 134 Å². The number of carbonyl (C=O) groups is 1. The number of rotatable bonds is 7. The van der Waals surface area contributed by atoms with Crippen molar-refractivity contribution in [2.75, 3.05) is 0 Å². The number of carbonyl (C=O) groups excluding carboxylic acids is 1. The lowest BCUT2D eigenvalue weighted by atomic mass is 10.2. The van der Waals surface area contributed by atoms with Crippen LogP contribution >= 0.6 is 11.8 Å². The van der Waals surface area contributed by atoms with Gasteiger partial charge in [0, 0.05) is 24.0 Å². The van der Waals surface area contributed by atoms with E-state index in [0.717, 1.165) is 18.4 Å². The van der Waals surface area contributed by atoms with E-state index in [4.69, 9.17) is 4.42 Å². The number of nitrogens with zero attached hydrogens (tertiary/aromatic N) is 3. The molecule has 0 bridgehead atoms. The topological polar surface area (TPSA) is 80.9 Å². The summed E-state index contributed by atoms with van der Waals surface area (Å²) < 4.78 is 5.58.